The number of hydrogen-bond donors (Lipinski definition) is 3. The molecule has 3 N–H and O–H groups in total. The number of anilines is 3. The van der Waals surface area contributed by atoms with Gasteiger partial charge < -0.3 is 19.9 Å². The highest BCUT2D eigenvalue weighted by atomic mass is 32.2. The molecule has 0 aromatic heterocycles. The topological polar surface area (TPSA) is 93.3 Å². The number of carbonyl (C=O) groups excluding carboxylic acids is 1. The molecule has 7 heteroatoms. The summed E-state index contributed by atoms with van der Waals surface area (Å²) in [5.74, 6) is 0. The van der Waals surface area contributed by atoms with Gasteiger partial charge >= 0.3 is 6.03 Å². The van der Waals surface area contributed by atoms with E-state index < -0.39 is 11.3 Å². The average molecular weight is 366 g/mol. The predicted molar refractivity (Wildman–Crippen MR) is 104 cm³/mol. The zero-order valence-electron chi connectivity index (χ0n) is 13.6. The third kappa shape index (κ3) is 4.47. The van der Waals surface area contributed by atoms with Crippen molar-refractivity contribution < 1.29 is 13.6 Å². The largest absolute Gasteiger partial charge is 0.755 e. The summed E-state index contributed by atoms with van der Waals surface area (Å²) in [6.07, 6.45) is 0. The summed E-state index contributed by atoms with van der Waals surface area (Å²) < 4.78 is 24.4. The first-order valence-electron chi connectivity index (χ1n) is 7.81. The minimum atomic E-state index is -2.44. The van der Waals surface area contributed by atoms with Gasteiger partial charge in [0.25, 0.3) is 0 Å². The Hall–Kier alpha value is -3.16. The van der Waals surface area contributed by atoms with Crippen LogP contribution in [0.2, 0.25) is 0 Å². The molecule has 2 amide bonds. The Morgan fingerprint density at radius 2 is 1.27 bits per heavy atom. The van der Waals surface area contributed by atoms with Crippen molar-refractivity contribution in [3.8, 4) is 11.1 Å². The van der Waals surface area contributed by atoms with E-state index in [-0.39, 0.29) is 6.03 Å². The lowest BCUT2D eigenvalue weighted by atomic mass is 10.0. The summed E-state index contributed by atoms with van der Waals surface area (Å²) in [6.45, 7) is 0. The monoisotopic (exact) mass is 366 g/mol. The zero-order chi connectivity index (χ0) is 18.4. The molecule has 0 aliphatic heterocycles. The first kappa shape index (κ1) is 17.7. The maximum Gasteiger partial charge on any atom is 0.323 e. The van der Waals surface area contributed by atoms with Crippen molar-refractivity contribution in [1.82, 2.24) is 0 Å². The third-order valence-electron chi connectivity index (χ3n) is 3.62. The Bertz CT molecular complexity index is 932. The Balaban J connectivity index is 1.87. The quantitative estimate of drug-likeness (QED) is 0.591. The molecule has 0 saturated heterocycles. The van der Waals surface area contributed by atoms with Crippen LogP contribution in [-0.4, -0.2) is 14.8 Å². The van der Waals surface area contributed by atoms with Crippen molar-refractivity contribution >= 4 is 34.4 Å². The number of rotatable bonds is 5. The van der Waals surface area contributed by atoms with E-state index in [1.54, 1.807) is 48.5 Å². The normalized spacial score (nSPS) is 11.4. The van der Waals surface area contributed by atoms with Gasteiger partial charge in [-0.3, -0.25) is 4.21 Å². The number of nitrogens with one attached hydrogen (secondary N) is 3. The average Bonchev–Trinajstić information content (AvgIpc) is 2.63. The molecule has 6 nitrogen and oxygen atoms in total. The van der Waals surface area contributed by atoms with Gasteiger partial charge in [0.2, 0.25) is 0 Å². The lowest BCUT2D eigenvalue weighted by Crippen LogP contribution is -2.19. The first-order chi connectivity index (χ1) is 12.6. The van der Waals surface area contributed by atoms with E-state index in [1.165, 1.54) is 0 Å². The number of para-hydroxylation sites is 3. The lowest BCUT2D eigenvalue weighted by molar-refractivity contribution is 0.262. The van der Waals surface area contributed by atoms with E-state index in [4.69, 9.17) is 0 Å². The van der Waals surface area contributed by atoms with Crippen molar-refractivity contribution in [1.29, 1.82) is 0 Å². The van der Waals surface area contributed by atoms with E-state index in [1.807, 2.05) is 30.3 Å². The van der Waals surface area contributed by atoms with Gasteiger partial charge in [-0.1, -0.05) is 54.6 Å². The molecule has 0 fully saturated rings. The molecule has 3 aromatic carbocycles. The highest BCUT2D eigenvalue weighted by molar-refractivity contribution is 7.80. The number of carbonyl (C=O) groups is 1. The number of urea groups is 1. The van der Waals surface area contributed by atoms with Crippen LogP contribution in [0.25, 0.3) is 11.1 Å². The predicted octanol–water partition coefficient (Wildman–Crippen LogP) is 4.20. The van der Waals surface area contributed by atoms with Crippen LogP contribution in [0.1, 0.15) is 0 Å². The van der Waals surface area contributed by atoms with Gasteiger partial charge in [0.1, 0.15) is 0 Å². The molecule has 3 aromatic rings. The van der Waals surface area contributed by atoms with Gasteiger partial charge in [-0.15, -0.1) is 0 Å². The third-order valence-corrected chi connectivity index (χ3v) is 4.00. The number of amides is 2. The van der Waals surface area contributed by atoms with Crippen molar-refractivity contribution in [3.63, 3.8) is 0 Å². The van der Waals surface area contributed by atoms with E-state index in [9.17, 15) is 13.6 Å². The molecule has 0 radical (unpaired) electrons. The maximum absolute atomic E-state index is 12.3. The standard InChI is InChI=1S/C19H17N3O3S/c23-19(20-14-8-2-1-3-9-14)21-17-12-6-4-10-15(17)16-11-5-7-13-18(16)22-26(24)25/h1-13,22H,(H,24,25)(H2,20,21,23)/p-1. The van der Waals surface area contributed by atoms with Crippen molar-refractivity contribution in [2.24, 2.45) is 0 Å². The smallest absolute Gasteiger partial charge is 0.323 e. The van der Waals surface area contributed by atoms with Gasteiger partial charge in [-0.2, -0.15) is 0 Å². The molecule has 0 bridgehead atoms. The Labute approximate surface area is 153 Å². The second kappa shape index (κ2) is 8.28. The van der Waals surface area contributed by atoms with Gasteiger partial charge in [0, 0.05) is 28.1 Å². The second-order valence-corrected chi connectivity index (χ2v) is 6.05. The summed E-state index contributed by atoms with van der Waals surface area (Å²) in [5.41, 5.74) is 3.02. The van der Waals surface area contributed by atoms with Gasteiger partial charge in [-0.25, -0.2) is 4.79 Å². The van der Waals surface area contributed by atoms with Gasteiger partial charge in [-0.05, 0) is 24.3 Å². The Kier molecular flexibility index (Phi) is 5.62. The maximum atomic E-state index is 12.3. The summed E-state index contributed by atoms with van der Waals surface area (Å²) in [5, 5.41) is 5.56. The highest BCUT2D eigenvalue weighted by Gasteiger charge is 2.11. The minimum Gasteiger partial charge on any atom is -0.755 e. The SMILES string of the molecule is O=C(Nc1ccccc1)Nc1ccccc1-c1ccccc1NS(=O)[O-]. The van der Waals surface area contributed by atoms with Crippen LogP contribution in [0, 0.1) is 0 Å². The molecule has 0 heterocycles. The molecule has 0 spiro atoms. The zero-order valence-corrected chi connectivity index (χ0v) is 14.5. The fourth-order valence-electron chi connectivity index (χ4n) is 2.53. The minimum absolute atomic E-state index is 0.388. The van der Waals surface area contributed by atoms with Crippen LogP contribution < -0.4 is 15.4 Å². The van der Waals surface area contributed by atoms with Crippen LogP contribution in [-0.2, 0) is 11.3 Å². The first-order valence-corrected chi connectivity index (χ1v) is 8.88. The molecular formula is C19H16N3O3S-. The summed E-state index contributed by atoms with van der Waals surface area (Å²) in [7, 11) is 0. The molecule has 3 rings (SSSR count). The van der Waals surface area contributed by atoms with Gasteiger partial charge in [0.15, 0.2) is 0 Å². The second-order valence-electron chi connectivity index (χ2n) is 5.37. The van der Waals surface area contributed by atoms with Crippen LogP contribution in [0.3, 0.4) is 0 Å². The van der Waals surface area contributed by atoms with E-state index in [0.29, 0.717) is 28.2 Å². The molecule has 26 heavy (non-hydrogen) atoms. The number of hydrogen-bond acceptors (Lipinski definition) is 3. The Morgan fingerprint density at radius 3 is 1.92 bits per heavy atom. The molecule has 0 aliphatic rings. The molecule has 1 unspecified atom stereocenters. The molecule has 0 aliphatic carbocycles. The van der Waals surface area contributed by atoms with Crippen LogP contribution in [0.5, 0.6) is 0 Å². The molecule has 0 saturated carbocycles. The van der Waals surface area contributed by atoms with Crippen LogP contribution in [0.15, 0.2) is 78.9 Å². The summed E-state index contributed by atoms with van der Waals surface area (Å²) >= 11 is -2.44. The van der Waals surface area contributed by atoms with Gasteiger partial charge in [0.05, 0.1) is 11.4 Å². The summed E-state index contributed by atoms with van der Waals surface area (Å²) in [6, 6.07) is 22.9. The van der Waals surface area contributed by atoms with E-state index in [2.05, 4.69) is 15.4 Å². The van der Waals surface area contributed by atoms with Crippen LogP contribution in [0.4, 0.5) is 21.9 Å². The molecular weight excluding hydrogens is 350 g/mol. The number of benzene rings is 3. The summed E-state index contributed by atoms with van der Waals surface area (Å²) in [4.78, 5) is 12.3. The molecule has 132 valence electrons. The Morgan fingerprint density at radius 1 is 0.731 bits per heavy atom. The van der Waals surface area contributed by atoms with Crippen molar-refractivity contribution in [3.05, 3.63) is 78.9 Å². The van der Waals surface area contributed by atoms with Crippen molar-refractivity contribution in [2.45, 2.75) is 0 Å². The van der Waals surface area contributed by atoms with E-state index in [0.717, 1.165) is 0 Å². The fraction of sp³-hybridized carbons (Fsp3) is 0. The molecule has 1 atom stereocenters. The van der Waals surface area contributed by atoms with E-state index >= 15 is 0 Å². The van der Waals surface area contributed by atoms with Crippen LogP contribution >= 0.6 is 0 Å². The fourth-order valence-corrected chi connectivity index (χ4v) is 2.89. The lowest BCUT2D eigenvalue weighted by Gasteiger charge is -2.17. The van der Waals surface area contributed by atoms with Crippen molar-refractivity contribution in [2.75, 3.05) is 15.4 Å². The highest BCUT2D eigenvalue weighted by Crippen LogP contribution is 2.33.